The lowest BCUT2D eigenvalue weighted by molar-refractivity contribution is 0.309. The van der Waals surface area contributed by atoms with Crippen LogP contribution in [0, 0.1) is 0 Å². The molecule has 0 aliphatic carbocycles. The summed E-state index contributed by atoms with van der Waals surface area (Å²) in [5.74, 6) is 0.854. The van der Waals surface area contributed by atoms with Crippen LogP contribution < -0.4 is 4.74 Å². The first-order valence-corrected chi connectivity index (χ1v) is 12.6. The quantitative estimate of drug-likeness (QED) is 0.161. The summed E-state index contributed by atoms with van der Waals surface area (Å²) in [6, 6.07) is 21.6. The Labute approximate surface area is 204 Å². The Morgan fingerprint density at radius 2 is 1.35 bits per heavy atom. The molecule has 0 bridgehead atoms. The van der Waals surface area contributed by atoms with Gasteiger partial charge in [0.05, 0.1) is 33.9 Å². The molecule has 1 aromatic heterocycles. The first kappa shape index (κ1) is 23.7. The number of azo groups is 2. The van der Waals surface area contributed by atoms with Crippen LogP contribution in [0.15, 0.2) is 87.2 Å². The molecule has 0 saturated carbocycles. The fraction of sp³-hybridized carbons (Fsp3) is 0.296. The molecule has 0 spiro atoms. The van der Waals surface area contributed by atoms with Gasteiger partial charge in [0.15, 0.2) is 0 Å². The van der Waals surface area contributed by atoms with Crippen LogP contribution in [-0.2, 0) is 6.42 Å². The number of thiazole rings is 1. The average molecular weight is 472 g/mol. The molecule has 1 heterocycles. The third-order valence-corrected chi connectivity index (χ3v) is 6.15. The molecule has 0 radical (unpaired) electrons. The number of aromatic nitrogens is 1. The number of unbranched alkanes of at least 4 members (excludes halogenated alkanes) is 2. The van der Waals surface area contributed by atoms with Crippen LogP contribution in [-0.4, -0.2) is 11.6 Å². The van der Waals surface area contributed by atoms with Crippen molar-refractivity contribution in [3.63, 3.8) is 0 Å². The number of ether oxygens (including phenoxy) is 1. The maximum Gasteiger partial charge on any atom is 0.231 e. The van der Waals surface area contributed by atoms with Gasteiger partial charge in [-0.15, -0.1) is 10.2 Å². The van der Waals surface area contributed by atoms with Crippen LogP contribution in [0.5, 0.6) is 5.75 Å². The predicted octanol–water partition coefficient (Wildman–Crippen LogP) is 9.65. The van der Waals surface area contributed by atoms with Crippen LogP contribution >= 0.6 is 11.3 Å². The lowest BCUT2D eigenvalue weighted by atomic mass is 10.1. The lowest BCUT2D eigenvalue weighted by Crippen LogP contribution is -1.95. The van der Waals surface area contributed by atoms with Crippen molar-refractivity contribution in [3.8, 4) is 5.75 Å². The summed E-state index contributed by atoms with van der Waals surface area (Å²) in [6.45, 7) is 5.09. The first-order chi connectivity index (χ1) is 16.7. The molecule has 0 atom stereocenters. The topological polar surface area (TPSA) is 71.6 Å². The highest BCUT2D eigenvalue weighted by atomic mass is 32.1. The number of hydrogen-bond donors (Lipinski definition) is 0. The Kier molecular flexibility index (Phi) is 8.46. The Balaban J connectivity index is 1.35. The van der Waals surface area contributed by atoms with Crippen LogP contribution in [0.2, 0.25) is 0 Å². The van der Waals surface area contributed by atoms with E-state index in [2.05, 4.69) is 57.5 Å². The lowest BCUT2D eigenvalue weighted by Gasteiger charge is -2.04. The van der Waals surface area contributed by atoms with Crippen molar-refractivity contribution < 1.29 is 4.74 Å². The molecule has 0 amide bonds. The second-order valence-corrected chi connectivity index (χ2v) is 9.02. The largest absolute Gasteiger partial charge is 0.494 e. The smallest absolute Gasteiger partial charge is 0.231 e. The van der Waals surface area contributed by atoms with Crippen molar-refractivity contribution in [2.75, 3.05) is 6.61 Å². The van der Waals surface area contributed by atoms with E-state index in [1.54, 1.807) is 11.3 Å². The molecule has 6 nitrogen and oxygen atoms in total. The molecule has 3 aromatic carbocycles. The number of rotatable bonds is 11. The zero-order chi connectivity index (χ0) is 23.6. The second-order valence-electron chi connectivity index (χ2n) is 8.01. The second kappa shape index (κ2) is 12.1. The van der Waals surface area contributed by atoms with E-state index in [1.807, 2.05) is 48.5 Å². The minimum Gasteiger partial charge on any atom is -0.494 e. The van der Waals surface area contributed by atoms with Crippen LogP contribution in [0.25, 0.3) is 10.2 Å². The van der Waals surface area contributed by atoms with E-state index < -0.39 is 0 Å². The summed E-state index contributed by atoms with van der Waals surface area (Å²) in [6.07, 6.45) is 5.67. The molecule has 7 heteroatoms. The zero-order valence-electron chi connectivity index (χ0n) is 19.6. The van der Waals surface area contributed by atoms with E-state index in [0.717, 1.165) is 58.9 Å². The number of nitrogens with zero attached hydrogens (tertiary/aromatic N) is 5. The predicted molar refractivity (Wildman–Crippen MR) is 140 cm³/mol. The maximum absolute atomic E-state index is 5.67. The molecule has 0 unspecified atom stereocenters. The van der Waals surface area contributed by atoms with E-state index in [4.69, 9.17) is 4.74 Å². The van der Waals surface area contributed by atoms with Crippen LogP contribution in [0.4, 0.5) is 22.2 Å². The highest BCUT2D eigenvalue weighted by Gasteiger charge is 2.04. The molecule has 34 heavy (non-hydrogen) atoms. The van der Waals surface area contributed by atoms with E-state index in [-0.39, 0.29) is 0 Å². The standard InChI is InChI=1S/C27H29N5OS/c1-3-5-7-20-8-17-25-26(19-20)34-27(28-25)32-31-22-11-9-21(10-12-22)29-30-23-13-15-24(16-14-23)33-18-6-4-2/h8-17,19H,3-7,18H2,1-2H3. The summed E-state index contributed by atoms with van der Waals surface area (Å²) < 4.78 is 6.82. The van der Waals surface area contributed by atoms with Gasteiger partial charge in [0.1, 0.15) is 5.75 Å². The molecule has 4 aromatic rings. The molecular weight excluding hydrogens is 442 g/mol. The number of fused-ring (bicyclic) bond motifs is 1. The number of hydrogen-bond acceptors (Lipinski definition) is 7. The van der Waals surface area contributed by atoms with Gasteiger partial charge in [-0.05, 0) is 85.5 Å². The monoisotopic (exact) mass is 471 g/mol. The Morgan fingerprint density at radius 3 is 2.00 bits per heavy atom. The normalized spacial score (nSPS) is 11.7. The van der Waals surface area contributed by atoms with Gasteiger partial charge in [-0.25, -0.2) is 4.98 Å². The van der Waals surface area contributed by atoms with Crippen molar-refractivity contribution in [1.82, 2.24) is 4.98 Å². The fourth-order valence-electron chi connectivity index (χ4n) is 3.28. The van der Waals surface area contributed by atoms with Crippen molar-refractivity contribution in [2.45, 2.75) is 46.0 Å². The Morgan fingerprint density at radius 1 is 0.735 bits per heavy atom. The highest BCUT2D eigenvalue weighted by molar-refractivity contribution is 7.21. The third-order valence-electron chi connectivity index (χ3n) is 5.25. The highest BCUT2D eigenvalue weighted by Crippen LogP contribution is 2.31. The van der Waals surface area contributed by atoms with Crippen molar-refractivity contribution in [1.29, 1.82) is 0 Å². The molecule has 0 aliphatic heterocycles. The minimum atomic E-state index is 0.661. The van der Waals surface area contributed by atoms with E-state index in [9.17, 15) is 0 Å². The van der Waals surface area contributed by atoms with Gasteiger partial charge in [0, 0.05) is 0 Å². The molecule has 174 valence electrons. The summed E-state index contributed by atoms with van der Waals surface area (Å²) >= 11 is 1.57. The van der Waals surface area contributed by atoms with Crippen molar-refractivity contribution in [2.24, 2.45) is 20.5 Å². The van der Waals surface area contributed by atoms with Crippen molar-refractivity contribution >= 4 is 43.7 Å². The van der Waals surface area contributed by atoms with Gasteiger partial charge in [0.25, 0.3) is 0 Å². The molecule has 4 rings (SSSR count). The fourth-order valence-corrected chi connectivity index (χ4v) is 4.13. The van der Waals surface area contributed by atoms with Crippen LogP contribution in [0.1, 0.15) is 45.1 Å². The summed E-state index contributed by atoms with van der Waals surface area (Å²) in [7, 11) is 0. The average Bonchev–Trinajstić information content (AvgIpc) is 3.29. The van der Waals surface area contributed by atoms with E-state index >= 15 is 0 Å². The van der Waals surface area contributed by atoms with Gasteiger partial charge in [-0.1, -0.05) is 44.1 Å². The molecule has 0 aliphatic rings. The first-order valence-electron chi connectivity index (χ1n) is 11.8. The summed E-state index contributed by atoms with van der Waals surface area (Å²) in [4.78, 5) is 4.57. The van der Waals surface area contributed by atoms with Gasteiger partial charge in [-0.2, -0.15) is 10.2 Å². The third kappa shape index (κ3) is 6.78. The van der Waals surface area contributed by atoms with Crippen molar-refractivity contribution in [3.05, 3.63) is 72.3 Å². The Bertz CT molecular complexity index is 1250. The minimum absolute atomic E-state index is 0.661. The number of aryl methyl sites for hydroxylation is 1. The molecule has 0 saturated heterocycles. The van der Waals surface area contributed by atoms with Crippen LogP contribution in [0.3, 0.4) is 0 Å². The van der Waals surface area contributed by atoms with Gasteiger partial charge < -0.3 is 4.74 Å². The summed E-state index contributed by atoms with van der Waals surface area (Å²) in [5, 5.41) is 17.9. The van der Waals surface area contributed by atoms with E-state index in [1.165, 1.54) is 18.4 Å². The maximum atomic E-state index is 5.67. The SMILES string of the molecule is CCCCOc1ccc(N=Nc2ccc(N=Nc3nc4ccc(CCCC)cc4s3)cc2)cc1. The molecular formula is C27H29N5OS. The summed E-state index contributed by atoms with van der Waals surface area (Å²) in [5.41, 5.74) is 4.59. The molecule has 0 fully saturated rings. The van der Waals surface area contributed by atoms with Gasteiger partial charge in [-0.3, -0.25) is 0 Å². The zero-order valence-corrected chi connectivity index (χ0v) is 20.5. The van der Waals surface area contributed by atoms with E-state index in [0.29, 0.717) is 5.13 Å². The molecule has 0 N–H and O–H groups in total. The van der Waals surface area contributed by atoms with Gasteiger partial charge >= 0.3 is 0 Å². The number of benzene rings is 3. The van der Waals surface area contributed by atoms with Gasteiger partial charge in [0.2, 0.25) is 5.13 Å². The Hall–Kier alpha value is -3.45.